The molecular formula is C21H30N4O2. The number of hydrogen-bond donors (Lipinski definition) is 0. The summed E-state index contributed by atoms with van der Waals surface area (Å²) in [4.78, 5) is 11.6. The first-order valence-corrected chi connectivity index (χ1v) is 10.4. The molecule has 1 saturated carbocycles. The minimum atomic E-state index is 0.244. The predicted molar refractivity (Wildman–Crippen MR) is 103 cm³/mol. The molecule has 146 valence electrons. The summed E-state index contributed by atoms with van der Waals surface area (Å²) in [7, 11) is 0. The molecule has 1 aliphatic heterocycles. The molecule has 6 heteroatoms. The normalized spacial score (nSPS) is 24.8. The van der Waals surface area contributed by atoms with Gasteiger partial charge in [0.15, 0.2) is 0 Å². The maximum Gasteiger partial charge on any atom is 0.241 e. The summed E-state index contributed by atoms with van der Waals surface area (Å²) < 4.78 is 11.8. The van der Waals surface area contributed by atoms with Gasteiger partial charge in [-0.05, 0) is 64.5 Å². The van der Waals surface area contributed by atoms with Crippen LogP contribution in [0.5, 0.6) is 5.88 Å². The molecule has 0 unspecified atom stereocenters. The standard InChI is InChI=1S/C21H30N4O2/c1-15-8-6-9-16(2)25(15)14-19-23-20(24-27-19)18-12-7-13-22-21(18)26-17-10-4-3-5-11-17/h7,12-13,15-17H,3-6,8-11,14H2,1-2H3/t15-,16-/m0/s1. The van der Waals surface area contributed by atoms with E-state index in [1.54, 1.807) is 6.20 Å². The first-order valence-electron chi connectivity index (χ1n) is 10.4. The van der Waals surface area contributed by atoms with Crippen LogP contribution < -0.4 is 4.74 Å². The third-order valence-electron chi connectivity index (χ3n) is 6.00. The summed E-state index contributed by atoms with van der Waals surface area (Å²) in [6.45, 7) is 5.27. The Morgan fingerprint density at radius 2 is 1.85 bits per heavy atom. The minimum Gasteiger partial charge on any atom is -0.474 e. The molecule has 0 bridgehead atoms. The van der Waals surface area contributed by atoms with Crippen LogP contribution in [0.25, 0.3) is 11.4 Å². The number of nitrogens with zero attached hydrogens (tertiary/aromatic N) is 4. The van der Waals surface area contributed by atoms with Crippen molar-refractivity contribution < 1.29 is 9.26 Å². The Hall–Kier alpha value is -1.95. The van der Waals surface area contributed by atoms with Crippen LogP contribution >= 0.6 is 0 Å². The number of aromatic nitrogens is 3. The molecule has 2 fully saturated rings. The number of piperidine rings is 1. The summed E-state index contributed by atoms with van der Waals surface area (Å²) in [6.07, 6.45) is 11.7. The molecule has 0 spiro atoms. The van der Waals surface area contributed by atoms with E-state index in [1.165, 1.54) is 38.5 Å². The molecular weight excluding hydrogens is 340 g/mol. The lowest BCUT2D eigenvalue weighted by atomic mass is 9.98. The van der Waals surface area contributed by atoms with Crippen molar-refractivity contribution >= 4 is 0 Å². The van der Waals surface area contributed by atoms with E-state index in [1.807, 2.05) is 12.1 Å². The van der Waals surface area contributed by atoms with Gasteiger partial charge in [0, 0.05) is 18.3 Å². The van der Waals surface area contributed by atoms with E-state index in [9.17, 15) is 0 Å². The zero-order valence-electron chi connectivity index (χ0n) is 16.4. The van der Waals surface area contributed by atoms with E-state index in [2.05, 4.69) is 33.9 Å². The highest BCUT2D eigenvalue weighted by Crippen LogP contribution is 2.30. The van der Waals surface area contributed by atoms with Crippen molar-refractivity contribution in [3.63, 3.8) is 0 Å². The topological polar surface area (TPSA) is 64.3 Å². The number of likely N-dealkylation sites (tertiary alicyclic amines) is 1. The van der Waals surface area contributed by atoms with Crippen LogP contribution in [0.3, 0.4) is 0 Å². The van der Waals surface area contributed by atoms with Crippen molar-refractivity contribution in [2.75, 3.05) is 0 Å². The Morgan fingerprint density at radius 1 is 1.07 bits per heavy atom. The Bertz CT molecular complexity index is 731. The van der Waals surface area contributed by atoms with Gasteiger partial charge in [-0.2, -0.15) is 4.98 Å². The van der Waals surface area contributed by atoms with Gasteiger partial charge >= 0.3 is 0 Å². The Kier molecular flexibility index (Phi) is 5.72. The second-order valence-electron chi connectivity index (χ2n) is 8.05. The predicted octanol–water partition coefficient (Wildman–Crippen LogP) is 4.61. The molecule has 1 aliphatic carbocycles. The quantitative estimate of drug-likeness (QED) is 0.766. The second-order valence-corrected chi connectivity index (χ2v) is 8.05. The summed E-state index contributed by atoms with van der Waals surface area (Å²) >= 11 is 0. The summed E-state index contributed by atoms with van der Waals surface area (Å²) in [5, 5.41) is 4.22. The minimum absolute atomic E-state index is 0.244. The summed E-state index contributed by atoms with van der Waals surface area (Å²) in [5.41, 5.74) is 0.817. The summed E-state index contributed by atoms with van der Waals surface area (Å²) in [6, 6.07) is 4.96. The lowest BCUT2D eigenvalue weighted by Crippen LogP contribution is -2.43. The maximum atomic E-state index is 6.19. The van der Waals surface area contributed by atoms with Gasteiger partial charge in [0.05, 0.1) is 12.1 Å². The van der Waals surface area contributed by atoms with E-state index in [0.29, 0.717) is 36.2 Å². The number of pyridine rings is 1. The second kappa shape index (κ2) is 8.38. The lowest BCUT2D eigenvalue weighted by Gasteiger charge is -2.37. The smallest absolute Gasteiger partial charge is 0.241 e. The van der Waals surface area contributed by atoms with Gasteiger partial charge in [0.1, 0.15) is 6.10 Å². The SMILES string of the molecule is C[C@H]1CCC[C@H](C)N1Cc1nc(-c2cccnc2OC2CCCCC2)no1. The molecule has 6 nitrogen and oxygen atoms in total. The lowest BCUT2D eigenvalue weighted by molar-refractivity contribution is 0.0825. The molecule has 2 atom stereocenters. The molecule has 2 aromatic heterocycles. The maximum absolute atomic E-state index is 6.19. The van der Waals surface area contributed by atoms with Gasteiger partial charge in [-0.3, -0.25) is 4.90 Å². The van der Waals surface area contributed by atoms with Crippen molar-refractivity contribution in [1.29, 1.82) is 0 Å². The number of rotatable bonds is 5. The van der Waals surface area contributed by atoms with Crippen LogP contribution in [0.15, 0.2) is 22.9 Å². The zero-order valence-corrected chi connectivity index (χ0v) is 16.4. The van der Waals surface area contributed by atoms with Gasteiger partial charge in [0.25, 0.3) is 0 Å². The monoisotopic (exact) mass is 370 g/mol. The fraction of sp³-hybridized carbons (Fsp3) is 0.667. The highest BCUT2D eigenvalue weighted by molar-refractivity contribution is 5.60. The van der Waals surface area contributed by atoms with E-state index in [4.69, 9.17) is 9.26 Å². The molecule has 1 saturated heterocycles. The van der Waals surface area contributed by atoms with Crippen LogP contribution in [0.1, 0.15) is 71.1 Å². The van der Waals surface area contributed by atoms with Crippen molar-refractivity contribution in [1.82, 2.24) is 20.0 Å². The fourth-order valence-corrected chi connectivity index (χ4v) is 4.37. The number of ether oxygens (including phenoxy) is 1. The molecule has 2 aliphatic rings. The van der Waals surface area contributed by atoms with Crippen LogP contribution in [-0.4, -0.2) is 38.2 Å². The Morgan fingerprint density at radius 3 is 2.63 bits per heavy atom. The first-order chi connectivity index (χ1) is 13.2. The van der Waals surface area contributed by atoms with Crippen molar-refractivity contribution in [2.24, 2.45) is 0 Å². The van der Waals surface area contributed by atoms with Gasteiger partial charge in [-0.1, -0.05) is 18.0 Å². The summed E-state index contributed by atoms with van der Waals surface area (Å²) in [5.74, 6) is 1.86. The van der Waals surface area contributed by atoms with E-state index in [0.717, 1.165) is 18.4 Å². The molecule has 0 aromatic carbocycles. The van der Waals surface area contributed by atoms with Crippen molar-refractivity contribution in [2.45, 2.75) is 89.9 Å². The molecule has 2 aromatic rings. The third-order valence-corrected chi connectivity index (χ3v) is 6.00. The molecule has 0 amide bonds. The van der Waals surface area contributed by atoms with Crippen LogP contribution in [0.4, 0.5) is 0 Å². The van der Waals surface area contributed by atoms with Crippen LogP contribution in [0.2, 0.25) is 0 Å². The van der Waals surface area contributed by atoms with E-state index < -0.39 is 0 Å². The highest BCUT2D eigenvalue weighted by atomic mass is 16.5. The highest BCUT2D eigenvalue weighted by Gasteiger charge is 2.27. The van der Waals surface area contributed by atoms with Gasteiger partial charge in [-0.25, -0.2) is 4.98 Å². The zero-order chi connectivity index (χ0) is 18.6. The average Bonchev–Trinajstić information content (AvgIpc) is 3.15. The van der Waals surface area contributed by atoms with Gasteiger partial charge in [-0.15, -0.1) is 0 Å². The molecule has 27 heavy (non-hydrogen) atoms. The molecule has 0 N–H and O–H groups in total. The van der Waals surface area contributed by atoms with E-state index in [-0.39, 0.29) is 6.10 Å². The average molecular weight is 370 g/mol. The Labute approximate surface area is 161 Å². The third kappa shape index (κ3) is 4.32. The largest absolute Gasteiger partial charge is 0.474 e. The number of hydrogen-bond acceptors (Lipinski definition) is 6. The van der Waals surface area contributed by atoms with E-state index >= 15 is 0 Å². The van der Waals surface area contributed by atoms with Crippen LogP contribution in [0, 0.1) is 0 Å². The first kappa shape index (κ1) is 18.4. The van der Waals surface area contributed by atoms with Gasteiger partial charge in [0.2, 0.25) is 17.6 Å². The van der Waals surface area contributed by atoms with Gasteiger partial charge < -0.3 is 9.26 Å². The molecule has 0 radical (unpaired) electrons. The van der Waals surface area contributed by atoms with Crippen LogP contribution in [-0.2, 0) is 6.54 Å². The van der Waals surface area contributed by atoms with Crippen molar-refractivity contribution in [3.05, 3.63) is 24.2 Å². The molecule has 3 heterocycles. The Balaban J connectivity index is 1.49. The van der Waals surface area contributed by atoms with Crippen molar-refractivity contribution in [3.8, 4) is 17.3 Å². The fourth-order valence-electron chi connectivity index (χ4n) is 4.37. The molecule has 4 rings (SSSR count).